The Balaban J connectivity index is 2.06. The number of amides is 1. The van der Waals surface area contributed by atoms with Crippen LogP contribution in [0.5, 0.6) is 11.5 Å². The van der Waals surface area contributed by atoms with E-state index in [0.717, 1.165) is 11.1 Å². The smallest absolute Gasteiger partial charge is 0.256 e. The normalized spacial score (nSPS) is 15.0. The summed E-state index contributed by atoms with van der Waals surface area (Å²) in [5.74, 6) is 0.237. The molecule has 0 unspecified atom stereocenters. The maximum Gasteiger partial charge on any atom is 0.256 e. The molecule has 0 radical (unpaired) electrons. The first kappa shape index (κ1) is 13.5. The van der Waals surface area contributed by atoms with E-state index < -0.39 is 0 Å². The predicted molar refractivity (Wildman–Crippen MR) is 82.6 cm³/mol. The second-order valence-electron chi connectivity index (χ2n) is 4.63. The molecule has 0 spiro atoms. The zero-order valence-corrected chi connectivity index (χ0v) is 11.9. The van der Waals surface area contributed by atoms with Crippen molar-refractivity contribution in [2.75, 3.05) is 12.4 Å². The quantitative estimate of drug-likeness (QED) is 0.834. The average Bonchev–Trinajstić information content (AvgIpc) is 2.76. The Labute approximate surface area is 126 Å². The fraction of sp³-hybridized carbons (Fsp3) is 0.0625. The van der Waals surface area contributed by atoms with Gasteiger partial charge in [0.25, 0.3) is 5.91 Å². The van der Waals surface area contributed by atoms with Gasteiger partial charge < -0.3 is 15.2 Å². The first-order valence-electron chi connectivity index (χ1n) is 6.28. The van der Waals surface area contributed by atoms with Crippen LogP contribution in [0.4, 0.5) is 5.69 Å². The fourth-order valence-electron chi connectivity index (χ4n) is 2.26. The van der Waals surface area contributed by atoms with Crippen molar-refractivity contribution >= 4 is 34.8 Å². The number of ether oxygens (including phenoxy) is 1. The van der Waals surface area contributed by atoms with Crippen LogP contribution in [0.25, 0.3) is 11.6 Å². The third-order valence-electron chi connectivity index (χ3n) is 3.28. The molecular formula is C16H12ClNO3. The van der Waals surface area contributed by atoms with E-state index in [0.29, 0.717) is 22.0 Å². The number of anilines is 1. The molecular weight excluding hydrogens is 290 g/mol. The average molecular weight is 302 g/mol. The number of fused-ring (bicyclic) bond motifs is 1. The standard InChI is InChI=1S/C16H12ClNO3/c1-21-15-7-9(2-5-14(15)19)6-12-11-4-3-10(17)8-13(11)18-16(12)20/h2-8,19H,1H3,(H,18,20)/b12-6+. The van der Waals surface area contributed by atoms with Gasteiger partial charge in [-0.3, -0.25) is 4.79 Å². The topological polar surface area (TPSA) is 58.6 Å². The summed E-state index contributed by atoms with van der Waals surface area (Å²) in [5.41, 5.74) is 2.81. The molecule has 0 fully saturated rings. The number of aromatic hydroxyl groups is 1. The second-order valence-corrected chi connectivity index (χ2v) is 5.07. The van der Waals surface area contributed by atoms with Crippen LogP contribution >= 0.6 is 11.6 Å². The molecule has 1 aliphatic heterocycles. The molecule has 0 bridgehead atoms. The highest BCUT2D eigenvalue weighted by Gasteiger charge is 2.24. The SMILES string of the molecule is COc1cc(/C=C2/C(=O)Nc3cc(Cl)ccc32)ccc1O. The number of halogens is 1. The molecule has 2 aromatic rings. The minimum Gasteiger partial charge on any atom is -0.504 e. The number of phenolic OH excluding ortho intramolecular Hbond substituents is 1. The Kier molecular flexibility index (Phi) is 3.31. The Morgan fingerprint density at radius 3 is 2.81 bits per heavy atom. The van der Waals surface area contributed by atoms with Gasteiger partial charge in [-0.25, -0.2) is 0 Å². The van der Waals surface area contributed by atoms with Crippen LogP contribution in [0, 0.1) is 0 Å². The monoisotopic (exact) mass is 301 g/mol. The molecule has 106 valence electrons. The van der Waals surface area contributed by atoms with Gasteiger partial charge in [0.2, 0.25) is 0 Å². The maximum absolute atomic E-state index is 12.1. The van der Waals surface area contributed by atoms with Crippen LogP contribution in [0.15, 0.2) is 36.4 Å². The predicted octanol–water partition coefficient (Wildman–Crippen LogP) is 3.55. The lowest BCUT2D eigenvalue weighted by molar-refractivity contribution is -0.110. The van der Waals surface area contributed by atoms with Gasteiger partial charge in [0, 0.05) is 16.2 Å². The number of carbonyl (C=O) groups excluding carboxylic acids is 1. The lowest BCUT2D eigenvalue weighted by atomic mass is 10.0. The van der Waals surface area contributed by atoms with Crippen LogP contribution in [0.2, 0.25) is 5.02 Å². The van der Waals surface area contributed by atoms with E-state index >= 15 is 0 Å². The van der Waals surface area contributed by atoms with Crippen molar-refractivity contribution in [2.24, 2.45) is 0 Å². The molecule has 1 heterocycles. The van der Waals surface area contributed by atoms with E-state index in [4.69, 9.17) is 16.3 Å². The second kappa shape index (κ2) is 5.14. The highest BCUT2D eigenvalue weighted by molar-refractivity contribution is 6.36. The van der Waals surface area contributed by atoms with Gasteiger partial charge in [0.1, 0.15) is 0 Å². The van der Waals surface area contributed by atoms with Gasteiger partial charge in [-0.2, -0.15) is 0 Å². The molecule has 5 heteroatoms. The highest BCUT2D eigenvalue weighted by Crippen LogP contribution is 2.36. The summed E-state index contributed by atoms with van der Waals surface area (Å²) in [6.07, 6.45) is 1.75. The van der Waals surface area contributed by atoms with Crippen LogP contribution in [-0.4, -0.2) is 18.1 Å². The van der Waals surface area contributed by atoms with Crippen LogP contribution in [-0.2, 0) is 4.79 Å². The number of nitrogens with one attached hydrogen (secondary N) is 1. The fourth-order valence-corrected chi connectivity index (χ4v) is 2.43. The summed E-state index contributed by atoms with van der Waals surface area (Å²) >= 11 is 5.92. The third kappa shape index (κ3) is 2.45. The Hall–Kier alpha value is -2.46. The summed E-state index contributed by atoms with van der Waals surface area (Å²) < 4.78 is 5.06. The molecule has 0 saturated heterocycles. The largest absolute Gasteiger partial charge is 0.504 e. The van der Waals surface area contributed by atoms with Crippen molar-refractivity contribution < 1.29 is 14.6 Å². The van der Waals surface area contributed by atoms with E-state index in [9.17, 15) is 9.90 Å². The van der Waals surface area contributed by atoms with E-state index in [1.807, 2.05) is 0 Å². The molecule has 1 aliphatic rings. The maximum atomic E-state index is 12.1. The summed E-state index contributed by atoms with van der Waals surface area (Å²) in [7, 11) is 1.48. The number of methoxy groups -OCH3 is 1. The van der Waals surface area contributed by atoms with Crippen LogP contribution in [0.1, 0.15) is 11.1 Å². The summed E-state index contributed by atoms with van der Waals surface area (Å²) in [4.78, 5) is 12.1. The van der Waals surface area contributed by atoms with Gasteiger partial charge in [-0.05, 0) is 35.9 Å². The third-order valence-corrected chi connectivity index (χ3v) is 3.51. The van der Waals surface area contributed by atoms with E-state index in [1.165, 1.54) is 13.2 Å². The van der Waals surface area contributed by atoms with Crippen molar-refractivity contribution in [3.05, 3.63) is 52.5 Å². The molecule has 0 atom stereocenters. The highest BCUT2D eigenvalue weighted by atomic mass is 35.5. The van der Waals surface area contributed by atoms with E-state index in [2.05, 4.69) is 5.32 Å². The first-order valence-corrected chi connectivity index (χ1v) is 6.66. The minimum absolute atomic E-state index is 0.0581. The zero-order valence-electron chi connectivity index (χ0n) is 11.2. The van der Waals surface area contributed by atoms with Crippen molar-refractivity contribution in [1.82, 2.24) is 0 Å². The lowest BCUT2D eigenvalue weighted by Crippen LogP contribution is -2.03. The molecule has 2 aromatic carbocycles. The van der Waals surface area contributed by atoms with Gasteiger partial charge in [-0.1, -0.05) is 23.7 Å². The number of hydrogen-bond donors (Lipinski definition) is 2. The van der Waals surface area contributed by atoms with Crippen molar-refractivity contribution in [1.29, 1.82) is 0 Å². The summed E-state index contributed by atoms with van der Waals surface area (Å²) in [6, 6.07) is 10.2. The molecule has 4 nitrogen and oxygen atoms in total. The van der Waals surface area contributed by atoms with Crippen molar-refractivity contribution in [2.45, 2.75) is 0 Å². The molecule has 0 aliphatic carbocycles. The lowest BCUT2D eigenvalue weighted by Gasteiger charge is -2.04. The summed E-state index contributed by atoms with van der Waals surface area (Å²) in [6.45, 7) is 0. The molecule has 2 N–H and O–H groups in total. The van der Waals surface area contributed by atoms with Gasteiger partial charge >= 0.3 is 0 Å². The molecule has 0 saturated carbocycles. The van der Waals surface area contributed by atoms with Crippen LogP contribution in [0.3, 0.4) is 0 Å². The first-order chi connectivity index (χ1) is 10.1. The van der Waals surface area contributed by atoms with E-state index in [1.54, 1.807) is 36.4 Å². The van der Waals surface area contributed by atoms with Crippen LogP contribution < -0.4 is 10.1 Å². The molecule has 1 amide bonds. The number of rotatable bonds is 2. The van der Waals surface area contributed by atoms with Gasteiger partial charge in [0.15, 0.2) is 11.5 Å². The Morgan fingerprint density at radius 2 is 2.05 bits per heavy atom. The van der Waals surface area contributed by atoms with E-state index in [-0.39, 0.29) is 11.7 Å². The minimum atomic E-state index is -0.181. The Morgan fingerprint density at radius 1 is 1.24 bits per heavy atom. The number of carbonyl (C=O) groups is 1. The Bertz CT molecular complexity index is 768. The van der Waals surface area contributed by atoms with Gasteiger partial charge in [-0.15, -0.1) is 0 Å². The molecule has 21 heavy (non-hydrogen) atoms. The summed E-state index contributed by atoms with van der Waals surface area (Å²) in [5, 5.41) is 12.9. The van der Waals surface area contributed by atoms with Crippen molar-refractivity contribution in [3.63, 3.8) is 0 Å². The molecule has 0 aromatic heterocycles. The zero-order chi connectivity index (χ0) is 15.0. The number of benzene rings is 2. The molecule has 3 rings (SSSR count). The number of hydrogen-bond acceptors (Lipinski definition) is 3. The van der Waals surface area contributed by atoms with Crippen molar-refractivity contribution in [3.8, 4) is 11.5 Å². The van der Waals surface area contributed by atoms with Gasteiger partial charge in [0.05, 0.1) is 12.8 Å². The number of phenols is 1.